The van der Waals surface area contributed by atoms with Crippen LogP contribution in [-0.2, 0) is 14.3 Å². The van der Waals surface area contributed by atoms with Crippen molar-refractivity contribution in [3.05, 3.63) is 0 Å². The third-order valence-corrected chi connectivity index (χ3v) is 5.22. The molecule has 104 valence electrons. The van der Waals surface area contributed by atoms with Crippen LogP contribution in [0.4, 0.5) is 0 Å². The van der Waals surface area contributed by atoms with E-state index in [0.29, 0.717) is 6.61 Å². The number of carboxylic acid groups (broad SMARTS) is 1. The average Bonchev–Trinajstić information content (AvgIpc) is 2.24. The molecule has 1 saturated carbocycles. The highest BCUT2D eigenvalue weighted by Gasteiger charge is 2.57. The molecule has 1 N–H and O–H groups in total. The molecule has 1 fully saturated rings. The van der Waals surface area contributed by atoms with Gasteiger partial charge < -0.3 is 9.84 Å². The summed E-state index contributed by atoms with van der Waals surface area (Å²) >= 11 is 0. The van der Waals surface area contributed by atoms with Crippen molar-refractivity contribution in [3.63, 3.8) is 0 Å². The van der Waals surface area contributed by atoms with Crippen LogP contribution in [0.2, 0.25) is 0 Å². The van der Waals surface area contributed by atoms with Crippen molar-refractivity contribution in [3.8, 4) is 0 Å². The second-order valence-corrected chi connectivity index (χ2v) is 6.21. The first kappa shape index (κ1) is 15.0. The highest BCUT2D eigenvalue weighted by Crippen LogP contribution is 2.56. The minimum Gasteiger partial charge on any atom is -0.481 e. The molecule has 0 radical (unpaired) electrons. The van der Waals surface area contributed by atoms with Crippen LogP contribution < -0.4 is 0 Å². The van der Waals surface area contributed by atoms with Gasteiger partial charge in [0.15, 0.2) is 0 Å². The summed E-state index contributed by atoms with van der Waals surface area (Å²) in [5, 5.41) is 9.59. The summed E-state index contributed by atoms with van der Waals surface area (Å²) in [6.07, 6.45) is 1.77. The van der Waals surface area contributed by atoms with Crippen LogP contribution in [-0.4, -0.2) is 23.7 Å². The van der Waals surface area contributed by atoms with E-state index in [0.717, 1.165) is 12.8 Å². The fourth-order valence-corrected chi connectivity index (χ4v) is 3.16. The van der Waals surface area contributed by atoms with Crippen molar-refractivity contribution in [2.45, 2.75) is 47.5 Å². The monoisotopic (exact) mass is 256 g/mol. The molecule has 0 saturated heterocycles. The Balaban J connectivity index is 2.98. The van der Waals surface area contributed by atoms with Crippen LogP contribution in [0.1, 0.15) is 47.5 Å². The van der Waals surface area contributed by atoms with E-state index in [2.05, 4.69) is 0 Å². The van der Waals surface area contributed by atoms with Gasteiger partial charge in [0, 0.05) is 6.92 Å². The van der Waals surface area contributed by atoms with E-state index >= 15 is 0 Å². The second kappa shape index (κ2) is 4.90. The maximum atomic E-state index is 11.7. The van der Waals surface area contributed by atoms with Crippen LogP contribution in [0.15, 0.2) is 0 Å². The molecule has 0 aromatic heterocycles. The van der Waals surface area contributed by atoms with Gasteiger partial charge in [0.1, 0.15) is 0 Å². The highest BCUT2D eigenvalue weighted by atomic mass is 16.5. The Kier molecular flexibility index (Phi) is 4.08. The van der Waals surface area contributed by atoms with Gasteiger partial charge >= 0.3 is 11.9 Å². The molecule has 0 bridgehead atoms. The largest absolute Gasteiger partial charge is 0.481 e. The number of hydrogen-bond acceptors (Lipinski definition) is 3. The van der Waals surface area contributed by atoms with E-state index in [9.17, 15) is 14.7 Å². The molecule has 1 aliphatic carbocycles. The molecule has 0 amide bonds. The molecule has 4 nitrogen and oxygen atoms in total. The van der Waals surface area contributed by atoms with Gasteiger partial charge in [0.2, 0.25) is 0 Å². The number of aliphatic carboxylic acids is 1. The average molecular weight is 256 g/mol. The summed E-state index contributed by atoms with van der Waals surface area (Å²) in [6, 6.07) is 0. The summed E-state index contributed by atoms with van der Waals surface area (Å²) in [5.74, 6) is -0.841. The minimum atomic E-state index is -0.782. The highest BCUT2D eigenvalue weighted by molar-refractivity contribution is 5.76. The molecule has 4 heteroatoms. The van der Waals surface area contributed by atoms with E-state index < -0.39 is 16.8 Å². The van der Waals surface area contributed by atoms with Gasteiger partial charge in [-0.15, -0.1) is 0 Å². The van der Waals surface area contributed by atoms with Crippen molar-refractivity contribution >= 4 is 11.9 Å². The Bertz CT molecular complexity index is 348. The molecule has 0 heterocycles. The Morgan fingerprint density at radius 2 is 1.83 bits per heavy atom. The van der Waals surface area contributed by atoms with E-state index in [1.54, 1.807) is 0 Å². The first-order chi connectivity index (χ1) is 8.14. The number of esters is 1. The lowest BCUT2D eigenvalue weighted by atomic mass is 9.50. The lowest BCUT2D eigenvalue weighted by Crippen LogP contribution is -2.54. The predicted octanol–water partition coefficient (Wildman–Crippen LogP) is 2.71. The number of ether oxygens (including phenoxy) is 1. The number of carbonyl (C=O) groups is 2. The van der Waals surface area contributed by atoms with Gasteiger partial charge in [-0.1, -0.05) is 20.8 Å². The lowest BCUT2D eigenvalue weighted by molar-refractivity contribution is -0.174. The van der Waals surface area contributed by atoms with Crippen molar-refractivity contribution in [2.75, 3.05) is 6.61 Å². The zero-order valence-corrected chi connectivity index (χ0v) is 11.9. The topological polar surface area (TPSA) is 63.6 Å². The van der Waals surface area contributed by atoms with Crippen molar-refractivity contribution in [1.82, 2.24) is 0 Å². The molecule has 0 aromatic carbocycles. The first-order valence-electron chi connectivity index (χ1n) is 6.50. The SMILES string of the molecule is CC(=O)OCC1CCC(C)C(C)(C(=O)O)C1(C)C. The number of hydrogen-bond donors (Lipinski definition) is 1. The normalized spacial score (nSPS) is 34.9. The molecule has 3 atom stereocenters. The molecular formula is C14H24O4. The maximum Gasteiger partial charge on any atom is 0.310 e. The van der Waals surface area contributed by atoms with Crippen molar-refractivity contribution in [1.29, 1.82) is 0 Å². The van der Waals surface area contributed by atoms with Crippen molar-refractivity contribution in [2.24, 2.45) is 22.7 Å². The van der Waals surface area contributed by atoms with Gasteiger partial charge in [-0.05, 0) is 37.0 Å². The summed E-state index contributed by atoms with van der Waals surface area (Å²) < 4.78 is 5.09. The van der Waals surface area contributed by atoms with Gasteiger partial charge in [0.25, 0.3) is 0 Å². The quantitative estimate of drug-likeness (QED) is 0.788. The number of rotatable bonds is 3. The number of carbonyl (C=O) groups excluding carboxylic acids is 1. The third kappa shape index (κ3) is 2.25. The Morgan fingerprint density at radius 3 is 2.28 bits per heavy atom. The van der Waals surface area contributed by atoms with E-state index in [1.165, 1.54) is 6.92 Å². The lowest BCUT2D eigenvalue weighted by Gasteiger charge is -2.53. The van der Waals surface area contributed by atoms with Gasteiger partial charge in [-0.25, -0.2) is 0 Å². The van der Waals surface area contributed by atoms with E-state index in [4.69, 9.17) is 4.74 Å². The third-order valence-electron chi connectivity index (χ3n) is 5.22. The molecule has 1 aliphatic rings. The van der Waals surface area contributed by atoms with Crippen LogP contribution >= 0.6 is 0 Å². The van der Waals surface area contributed by atoms with Crippen LogP contribution in [0.3, 0.4) is 0 Å². The van der Waals surface area contributed by atoms with Crippen LogP contribution in [0.25, 0.3) is 0 Å². The summed E-state index contributed by atoms with van der Waals surface area (Å²) in [4.78, 5) is 22.6. The molecule has 0 aliphatic heterocycles. The smallest absolute Gasteiger partial charge is 0.310 e. The standard InChI is InChI=1S/C14H24O4/c1-9-6-7-11(8-18-10(2)15)13(3,4)14(9,5)12(16)17/h9,11H,6-8H2,1-5H3,(H,16,17). The Morgan fingerprint density at radius 1 is 1.28 bits per heavy atom. The number of carboxylic acids is 1. The molecular weight excluding hydrogens is 232 g/mol. The van der Waals surface area contributed by atoms with Crippen molar-refractivity contribution < 1.29 is 19.4 Å². The van der Waals surface area contributed by atoms with E-state index in [-0.39, 0.29) is 17.8 Å². The van der Waals surface area contributed by atoms with E-state index in [1.807, 2.05) is 27.7 Å². The van der Waals surface area contributed by atoms with Gasteiger partial charge in [0.05, 0.1) is 12.0 Å². The first-order valence-corrected chi connectivity index (χ1v) is 6.50. The van der Waals surface area contributed by atoms with Gasteiger partial charge in [-0.3, -0.25) is 9.59 Å². The molecule has 0 spiro atoms. The fourth-order valence-electron chi connectivity index (χ4n) is 3.16. The predicted molar refractivity (Wildman–Crippen MR) is 68.0 cm³/mol. The van der Waals surface area contributed by atoms with Crippen LogP contribution in [0, 0.1) is 22.7 Å². The zero-order chi connectivity index (χ0) is 14.1. The second-order valence-electron chi connectivity index (χ2n) is 6.21. The minimum absolute atomic E-state index is 0.0960. The molecule has 18 heavy (non-hydrogen) atoms. The Labute approximate surface area is 109 Å². The van der Waals surface area contributed by atoms with Gasteiger partial charge in [-0.2, -0.15) is 0 Å². The summed E-state index contributed by atoms with van der Waals surface area (Å²) in [7, 11) is 0. The summed E-state index contributed by atoms with van der Waals surface area (Å²) in [6.45, 7) is 9.47. The zero-order valence-electron chi connectivity index (χ0n) is 11.9. The summed E-state index contributed by atoms with van der Waals surface area (Å²) in [5.41, 5.74) is -1.18. The molecule has 0 aromatic rings. The fraction of sp³-hybridized carbons (Fsp3) is 0.857. The maximum absolute atomic E-state index is 11.7. The van der Waals surface area contributed by atoms with Crippen LogP contribution in [0.5, 0.6) is 0 Å². The molecule has 1 rings (SSSR count). The Hall–Kier alpha value is -1.06. The molecule has 3 unspecified atom stereocenters.